The SMILES string of the molecule is CC(C)c1cc2c3ccc(c2o1)CCc1ccc(c(C(C)C)c1)CC3. The van der Waals surface area contributed by atoms with Crippen LogP contribution in [0.4, 0.5) is 0 Å². The molecule has 1 nitrogen and oxygen atoms in total. The molecule has 0 saturated heterocycles. The average molecular weight is 332 g/mol. The van der Waals surface area contributed by atoms with Gasteiger partial charge in [0, 0.05) is 11.3 Å². The summed E-state index contributed by atoms with van der Waals surface area (Å²) in [6.07, 6.45) is 4.29. The van der Waals surface area contributed by atoms with Crippen molar-refractivity contribution in [1.82, 2.24) is 0 Å². The molecule has 4 aliphatic carbocycles. The van der Waals surface area contributed by atoms with Gasteiger partial charge < -0.3 is 4.42 Å². The van der Waals surface area contributed by atoms with Crippen LogP contribution >= 0.6 is 0 Å². The Kier molecular flexibility index (Phi) is 4.19. The van der Waals surface area contributed by atoms with Gasteiger partial charge in [-0.2, -0.15) is 0 Å². The van der Waals surface area contributed by atoms with E-state index in [9.17, 15) is 0 Å². The highest BCUT2D eigenvalue weighted by atomic mass is 16.3. The highest BCUT2D eigenvalue weighted by Crippen LogP contribution is 2.33. The van der Waals surface area contributed by atoms with Crippen molar-refractivity contribution in [3.8, 4) is 0 Å². The van der Waals surface area contributed by atoms with E-state index in [1.807, 2.05) is 0 Å². The molecule has 3 aromatic rings. The summed E-state index contributed by atoms with van der Waals surface area (Å²) in [5.41, 5.74) is 8.37. The third-order valence-electron chi connectivity index (χ3n) is 5.62. The fraction of sp³-hybridized carbons (Fsp3) is 0.417. The van der Waals surface area contributed by atoms with Gasteiger partial charge in [-0.1, -0.05) is 58.0 Å². The lowest BCUT2D eigenvalue weighted by Crippen LogP contribution is -2.03. The smallest absolute Gasteiger partial charge is 0.137 e. The quantitative estimate of drug-likeness (QED) is 0.517. The second-order valence-corrected chi connectivity index (χ2v) is 8.12. The van der Waals surface area contributed by atoms with E-state index in [4.69, 9.17) is 4.42 Å². The van der Waals surface area contributed by atoms with Crippen molar-refractivity contribution in [3.63, 3.8) is 0 Å². The third kappa shape index (κ3) is 3.01. The molecule has 0 radical (unpaired) electrons. The van der Waals surface area contributed by atoms with Crippen molar-refractivity contribution in [1.29, 1.82) is 0 Å². The van der Waals surface area contributed by atoms with Gasteiger partial charge in [-0.15, -0.1) is 0 Å². The summed E-state index contributed by atoms with van der Waals surface area (Å²) < 4.78 is 6.29. The van der Waals surface area contributed by atoms with E-state index in [-0.39, 0.29) is 0 Å². The van der Waals surface area contributed by atoms with Crippen LogP contribution in [0.15, 0.2) is 40.8 Å². The summed E-state index contributed by atoms with van der Waals surface area (Å²) in [6.45, 7) is 9.04. The van der Waals surface area contributed by atoms with Gasteiger partial charge in [-0.05, 0) is 65.5 Å². The van der Waals surface area contributed by atoms with Crippen LogP contribution in [-0.4, -0.2) is 0 Å². The standard InChI is InChI=1S/C24H28O/c1-15(2)21-13-17-5-7-18(21)9-10-19-11-12-20(8-6-17)24-22(19)14-23(25-24)16(3)4/h5,7,11-16H,6,8-10H2,1-4H3. The van der Waals surface area contributed by atoms with Crippen molar-refractivity contribution in [2.45, 2.75) is 65.2 Å². The molecule has 25 heavy (non-hydrogen) atoms. The summed E-state index contributed by atoms with van der Waals surface area (Å²) >= 11 is 0. The second-order valence-electron chi connectivity index (χ2n) is 8.12. The Labute approximate surface area is 151 Å². The molecular formula is C24H28O. The topological polar surface area (TPSA) is 13.1 Å². The van der Waals surface area contributed by atoms with E-state index in [0.717, 1.165) is 37.0 Å². The fourth-order valence-electron chi connectivity index (χ4n) is 4.07. The van der Waals surface area contributed by atoms with Gasteiger partial charge in [-0.25, -0.2) is 0 Å². The summed E-state index contributed by atoms with van der Waals surface area (Å²) in [5, 5.41) is 1.34. The summed E-state index contributed by atoms with van der Waals surface area (Å²) in [5.74, 6) is 2.13. The van der Waals surface area contributed by atoms with Crippen molar-refractivity contribution < 1.29 is 4.42 Å². The molecular weight excluding hydrogens is 304 g/mol. The maximum atomic E-state index is 6.29. The minimum Gasteiger partial charge on any atom is -0.461 e. The van der Waals surface area contributed by atoms with Gasteiger partial charge in [0.25, 0.3) is 0 Å². The Morgan fingerprint density at radius 3 is 2.16 bits per heavy atom. The molecule has 0 spiro atoms. The van der Waals surface area contributed by atoms with Crippen LogP contribution in [0.25, 0.3) is 11.0 Å². The molecule has 0 atom stereocenters. The monoisotopic (exact) mass is 332 g/mol. The molecule has 7 rings (SSSR count). The van der Waals surface area contributed by atoms with Gasteiger partial charge in [-0.3, -0.25) is 0 Å². The Morgan fingerprint density at radius 1 is 0.720 bits per heavy atom. The molecule has 1 heterocycles. The lowest BCUT2D eigenvalue weighted by Gasteiger charge is -2.17. The van der Waals surface area contributed by atoms with Crippen LogP contribution in [0.5, 0.6) is 0 Å². The lowest BCUT2D eigenvalue weighted by molar-refractivity contribution is 0.519. The lowest BCUT2D eigenvalue weighted by atomic mass is 9.88. The van der Waals surface area contributed by atoms with Crippen LogP contribution in [0.2, 0.25) is 0 Å². The zero-order chi connectivity index (χ0) is 17.6. The molecule has 1 aromatic heterocycles. The Balaban J connectivity index is 1.84. The number of hydrogen-bond donors (Lipinski definition) is 0. The molecule has 2 aromatic carbocycles. The molecule has 0 unspecified atom stereocenters. The molecule has 130 valence electrons. The minimum atomic E-state index is 0.430. The van der Waals surface area contributed by atoms with Crippen molar-refractivity contribution in [3.05, 3.63) is 70.0 Å². The molecule has 0 amide bonds. The van der Waals surface area contributed by atoms with Gasteiger partial charge in [0.05, 0.1) is 0 Å². The third-order valence-corrected chi connectivity index (χ3v) is 5.62. The first kappa shape index (κ1) is 16.4. The average Bonchev–Trinajstić information content (AvgIpc) is 3.02. The number of hydrogen-bond acceptors (Lipinski definition) is 1. The van der Waals surface area contributed by atoms with E-state index >= 15 is 0 Å². The minimum absolute atomic E-state index is 0.430. The van der Waals surface area contributed by atoms with E-state index in [2.05, 4.69) is 64.1 Å². The van der Waals surface area contributed by atoms with E-state index < -0.39 is 0 Å². The summed E-state index contributed by atoms with van der Waals surface area (Å²) in [6, 6.07) is 14.0. The normalized spacial score (nSPS) is 14.5. The van der Waals surface area contributed by atoms with E-state index in [1.165, 1.54) is 33.2 Å². The Bertz CT molecular complexity index is 911. The first-order chi connectivity index (χ1) is 12.0. The molecule has 0 N–H and O–H groups in total. The van der Waals surface area contributed by atoms with Crippen LogP contribution in [-0.2, 0) is 25.7 Å². The highest BCUT2D eigenvalue weighted by molar-refractivity contribution is 5.85. The second kappa shape index (κ2) is 6.37. The number of aryl methyl sites for hydroxylation is 4. The van der Waals surface area contributed by atoms with Crippen molar-refractivity contribution >= 4 is 11.0 Å². The van der Waals surface area contributed by atoms with Crippen molar-refractivity contribution in [2.24, 2.45) is 0 Å². The number of rotatable bonds is 2. The molecule has 0 aliphatic heterocycles. The molecule has 4 aliphatic rings. The maximum Gasteiger partial charge on any atom is 0.137 e. The van der Waals surface area contributed by atoms with E-state index in [0.29, 0.717) is 11.8 Å². The predicted molar refractivity (Wildman–Crippen MR) is 106 cm³/mol. The van der Waals surface area contributed by atoms with E-state index in [1.54, 1.807) is 0 Å². The maximum absolute atomic E-state index is 6.29. The summed E-state index contributed by atoms with van der Waals surface area (Å²) in [4.78, 5) is 0. The summed E-state index contributed by atoms with van der Waals surface area (Å²) in [7, 11) is 0. The molecule has 4 bridgehead atoms. The molecule has 0 saturated carbocycles. The Hall–Kier alpha value is -2.02. The fourth-order valence-corrected chi connectivity index (χ4v) is 4.07. The van der Waals surface area contributed by atoms with Crippen LogP contribution in [0.3, 0.4) is 0 Å². The van der Waals surface area contributed by atoms with Crippen LogP contribution in [0.1, 0.15) is 73.1 Å². The van der Waals surface area contributed by atoms with Crippen LogP contribution < -0.4 is 0 Å². The van der Waals surface area contributed by atoms with Gasteiger partial charge in [0.2, 0.25) is 0 Å². The zero-order valence-electron chi connectivity index (χ0n) is 15.9. The molecule has 0 fully saturated rings. The first-order valence-corrected chi connectivity index (χ1v) is 9.69. The molecule has 1 heteroatoms. The predicted octanol–water partition coefficient (Wildman–Crippen LogP) is 6.56. The van der Waals surface area contributed by atoms with Gasteiger partial charge in [0.1, 0.15) is 11.3 Å². The largest absolute Gasteiger partial charge is 0.461 e. The number of benzene rings is 2. The van der Waals surface area contributed by atoms with Gasteiger partial charge >= 0.3 is 0 Å². The first-order valence-electron chi connectivity index (χ1n) is 9.69. The van der Waals surface area contributed by atoms with Crippen molar-refractivity contribution in [2.75, 3.05) is 0 Å². The zero-order valence-corrected chi connectivity index (χ0v) is 15.9. The van der Waals surface area contributed by atoms with Gasteiger partial charge in [0.15, 0.2) is 0 Å². The van der Waals surface area contributed by atoms with Crippen LogP contribution in [0, 0.1) is 0 Å². The highest BCUT2D eigenvalue weighted by Gasteiger charge is 2.17. The number of furan rings is 1. The Morgan fingerprint density at radius 2 is 1.40 bits per heavy atom.